The largest absolute Gasteiger partial charge is 0.378 e. The molecule has 0 saturated carbocycles. The van der Waals surface area contributed by atoms with E-state index >= 15 is 0 Å². The molecule has 0 aromatic heterocycles. The molecule has 1 fully saturated rings. The molecule has 1 aliphatic rings. The first-order chi connectivity index (χ1) is 5.86. The molecule has 0 spiro atoms. The van der Waals surface area contributed by atoms with Crippen LogP contribution in [-0.2, 0) is 4.74 Å². The molecular formula is C10H17ClO. The van der Waals surface area contributed by atoms with Gasteiger partial charge in [-0.05, 0) is 31.6 Å². The van der Waals surface area contributed by atoms with Gasteiger partial charge in [0, 0.05) is 12.5 Å². The summed E-state index contributed by atoms with van der Waals surface area (Å²) in [5.74, 6) is 1.29. The molecule has 12 heavy (non-hydrogen) atoms. The molecule has 1 heterocycles. The average Bonchev–Trinajstić information content (AvgIpc) is 2.56. The maximum atomic E-state index is 5.82. The summed E-state index contributed by atoms with van der Waals surface area (Å²) < 4.78 is 5.54. The van der Waals surface area contributed by atoms with Crippen LogP contribution >= 0.6 is 11.6 Å². The van der Waals surface area contributed by atoms with Crippen LogP contribution in [0.15, 0.2) is 12.7 Å². The Morgan fingerprint density at radius 1 is 1.67 bits per heavy atom. The first kappa shape index (κ1) is 10.1. The molecule has 0 aromatic carbocycles. The van der Waals surface area contributed by atoms with Gasteiger partial charge < -0.3 is 4.74 Å². The highest BCUT2D eigenvalue weighted by molar-refractivity contribution is 6.18. The van der Waals surface area contributed by atoms with E-state index in [1.165, 1.54) is 12.8 Å². The number of alkyl halides is 1. The van der Waals surface area contributed by atoms with Crippen LogP contribution in [0.1, 0.15) is 25.7 Å². The number of rotatable bonds is 5. The number of allylic oxidation sites excluding steroid dienone is 1. The lowest BCUT2D eigenvalue weighted by Gasteiger charge is -2.15. The Hall–Kier alpha value is -0.0100. The molecule has 2 atom stereocenters. The lowest BCUT2D eigenvalue weighted by atomic mass is 9.98. The van der Waals surface area contributed by atoms with Gasteiger partial charge in [0.25, 0.3) is 0 Å². The standard InChI is InChI=1S/C10H17ClO/c1-2-4-9(8-11)7-10-5-3-6-12-10/h2,9-10H,1,3-8H2/t9?,10-/m0/s1. The number of hydrogen-bond acceptors (Lipinski definition) is 1. The van der Waals surface area contributed by atoms with Crippen LogP contribution in [0.5, 0.6) is 0 Å². The Morgan fingerprint density at radius 3 is 3.00 bits per heavy atom. The van der Waals surface area contributed by atoms with E-state index in [0.717, 1.165) is 25.3 Å². The predicted octanol–water partition coefficient (Wildman–Crippen LogP) is 2.99. The van der Waals surface area contributed by atoms with Gasteiger partial charge in [0.1, 0.15) is 0 Å². The molecule has 1 rings (SSSR count). The predicted molar refractivity (Wildman–Crippen MR) is 52.6 cm³/mol. The normalized spacial score (nSPS) is 25.6. The quantitative estimate of drug-likeness (QED) is 0.476. The Kier molecular flexibility index (Phi) is 4.70. The zero-order valence-electron chi connectivity index (χ0n) is 7.47. The van der Waals surface area contributed by atoms with Crippen LogP contribution in [0.25, 0.3) is 0 Å². The zero-order valence-corrected chi connectivity index (χ0v) is 8.22. The molecular weight excluding hydrogens is 172 g/mol. The van der Waals surface area contributed by atoms with E-state index in [1.54, 1.807) is 0 Å². The van der Waals surface area contributed by atoms with Crippen molar-refractivity contribution in [3.8, 4) is 0 Å². The third-order valence-electron chi connectivity index (χ3n) is 2.34. The van der Waals surface area contributed by atoms with Crippen LogP contribution < -0.4 is 0 Å². The summed E-state index contributed by atoms with van der Waals surface area (Å²) in [6.45, 7) is 4.66. The first-order valence-corrected chi connectivity index (χ1v) is 5.18. The monoisotopic (exact) mass is 188 g/mol. The Morgan fingerprint density at radius 2 is 2.50 bits per heavy atom. The van der Waals surface area contributed by atoms with Crippen molar-refractivity contribution < 1.29 is 4.74 Å². The minimum atomic E-state index is 0.466. The van der Waals surface area contributed by atoms with E-state index in [9.17, 15) is 0 Å². The molecule has 1 nitrogen and oxygen atoms in total. The van der Waals surface area contributed by atoms with Gasteiger partial charge >= 0.3 is 0 Å². The second kappa shape index (κ2) is 5.60. The SMILES string of the molecule is C=CCC(CCl)C[C@@H]1CCCO1. The third kappa shape index (κ3) is 3.16. The summed E-state index contributed by atoms with van der Waals surface area (Å²) in [7, 11) is 0. The van der Waals surface area contributed by atoms with Crippen molar-refractivity contribution in [3.63, 3.8) is 0 Å². The van der Waals surface area contributed by atoms with Gasteiger partial charge in [-0.25, -0.2) is 0 Å². The topological polar surface area (TPSA) is 9.23 Å². The molecule has 1 aliphatic heterocycles. The van der Waals surface area contributed by atoms with E-state index in [1.807, 2.05) is 6.08 Å². The summed E-state index contributed by atoms with van der Waals surface area (Å²) >= 11 is 5.82. The number of ether oxygens (including phenoxy) is 1. The molecule has 0 amide bonds. The minimum absolute atomic E-state index is 0.466. The second-order valence-electron chi connectivity index (χ2n) is 3.42. The highest BCUT2D eigenvalue weighted by atomic mass is 35.5. The van der Waals surface area contributed by atoms with Crippen LogP contribution in [0.2, 0.25) is 0 Å². The average molecular weight is 189 g/mol. The maximum Gasteiger partial charge on any atom is 0.0579 e. The van der Waals surface area contributed by atoms with Crippen LogP contribution in [0, 0.1) is 5.92 Å². The fourth-order valence-corrected chi connectivity index (χ4v) is 1.91. The Bertz CT molecular complexity index is 130. The van der Waals surface area contributed by atoms with Gasteiger partial charge in [0.05, 0.1) is 6.10 Å². The van der Waals surface area contributed by atoms with Crippen molar-refractivity contribution in [2.45, 2.75) is 31.8 Å². The van der Waals surface area contributed by atoms with E-state index in [-0.39, 0.29) is 0 Å². The molecule has 70 valence electrons. The van der Waals surface area contributed by atoms with Crippen LogP contribution in [-0.4, -0.2) is 18.6 Å². The number of halogens is 1. The molecule has 0 bridgehead atoms. The molecule has 0 aromatic rings. The molecule has 0 N–H and O–H groups in total. The molecule has 0 radical (unpaired) electrons. The zero-order chi connectivity index (χ0) is 8.81. The van der Waals surface area contributed by atoms with Gasteiger partial charge in [0.2, 0.25) is 0 Å². The Balaban J connectivity index is 2.20. The molecule has 1 unspecified atom stereocenters. The minimum Gasteiger partial charge on any atom is -0.378 e. The maximum absolute atomic E-state index is 5.82. The van der Waals surface area contributed by atoms with E-state index in [4.69, 9.17) is 16.3 Å². The summed E-state index contributed by atoms with van der Waals surface area (Å²) in [4.78, 5) is 0. The van der Waals surface area contributed by atoms with Crippen molar-refractivity contribution in [1.29, 1.82) is 0 Å². The molecule has 1 saturated heterocycles. The van der Waals surface area contributed by atoms with Crippen molar-refractivity contribution in [1.82, 2.24) is 0 Å². The lowest BCUT2D eigenvalue weighted by Crippen LogP contribution is -2.13. The summed E-state index contributed by atoms with van der Waals surface area (Å²) in [5.41, 5.74) is 0. The Labute approximate surface area is 79.7 Å². The highest BCUT2D eigenvalue weighted by Gasteiger charge is 2.19. The fraction of sp³-hybridized carbons (Fsp3) is 0.800. The molecule has 2 heteroatoms. The van der Waals surface area contributed by atoms with Crippen molar-refractivity contribution >= 4 is 11.6 Å². The van der Waals surface area contributed by atoms with Crippen molar-refractivity contribution in [2.24, 2.45) is 5.92 Å². The first-order valence-electron chi connectivity index (χ1n) is 4.65. The summed E-state index contributed by atoms with van der Waals surface area (Å²) in [5, 5.41) is 0. The van der Waals surface area contributed by atoms with Crippen molar-refractivity contribution in [3.05, 3.63) is 12.7 Å². The van der Waals surface area contributed by atoms with Gasteiger partial charge in [-0.15, -0.1) is 18.2 Å². The smallest absolute Gasteiger partial charge is 0.0579 e. The van der Waals surface area contributed by atoms with E-state index in [0.29, 0.717) is 12.0 Å². The van der Waals surface area contributed by atoms with Gasteiger partial charge in [-0.3, -0.25) is 0 Å². The van der Waals surface area contributed by atoms with E-state index < -0.39 is 0 Å². The summed E-state index contributed by atoms with van der Waals surface area (Å²) in [6.07, 6.45) is 6.97. The lowest BCUT2D eigenvalue weighted by molar-refractivity contribution is 0.0925. The van der Waals surface area contributed by atoms with Crippen LogP contribution in [0.4, 0.5) is 0 Å². The number of hydrogen-bond donors (Lipinski definition) is 0. The second-order valence-corrected chi connectivity index (χ2v) is 3.72. The van der Waals surface area contributed by atoms with Crippen LogP contribution in [0.3, 0.4) is 0 Å². The van der Waals surface area contributed by atoms with Crippen molar-refractivity contribution in [2.75, 3.05) is 12.5 Å². The fourth-order valence-electron chi connectivity index (χ4n) is 1.66. The highest BCUT2D eigenvalue weighted by Crippen LogP contribution is 2.22. The third-order valence-corrected chi connectivity index (χ3v) is 2.77. The van der Waals surface area contributed by atoms with E-state index in [2.05, 4.69) is 6.58 Å². The summed E-state index contributed by atoms with van der Waals surface area (Å²) in [6, 6.07) is 0. The van der Waals surface area contributed by atoms with Gasteiger partial charge in [0.15, 0.2) is 0 Å². The molecule has 0 aliphatic carbocycles. The van der Waals surface area contributed by atoms with Gasteiger partial charge in [-0.2, -0.15) is 0 Å². The van der Waals surface area contributed by atoms with Gasteiger partial charge in [-0.1, -0.05) is 6.08 Å².